The summed E-state index contributed by atoms with van der Waals surface area (Å²) in [5.74, 6) is 0.398. The van der Waals surface area contributed by atoms with Crippen LogP contribution in [0.1, 0.15) is 21.7 Å². The fourth-order valence-electron chi connectivity index (χ4n) is 3.18. The van der Waals surface area contributed by atoms with Crippen molar-refractivity contribution in [2.24, 2.45) is 0 Å². The lowest BCUT2D eigenvalue weighted by Crippen LogP contribution is -2.20. The van der Waals surface area contributed by atoms with Gasteiger partial charge in [0.05, 0.1) is 32.5 Å². The van der Waals surface area contributed by atoms with Gasteiger partial charge in [0.25, 0.3) is 5.91 Å². The number of fused-ring (bicyclic) bond motifs is 1. The van der Waals surface area contributed by atoms with Gasteiger partial charge in [-0.2, -0.15) is 0 Å². The minimum absolute atomic E-state index is 0.167. The maximum absolute atomic E-state index is 12.8. The Morgan fingerprint density at radius 2 is 1.69 bits per heavy atom. The number of urea groups is 1. The molecule has 2 aromatic carbocycles. The predicted octanol–water partition coefficient (Wildman–Crippen LogP) is 6.04. The molecule has 0 aliphatic heterocycles. The van der Waals surface area contributed by atoms with Gasteiger partial charge in [-0.1, -0.05) is 46.6 Å². The highest BCUT2D eigenvalue weighted by Gasteiger charge is 2.18. The van der Waals surface area contributed by atoms with Crippen molar-refractivity contribution in [3.8, 4) is 0 Å². The van der Waals surface area contributed by atoms with E-state index in [1.807, 2.05) is 6.92 Å². The molecule has 0 saturated carbocycles. The molecule has 2 heterocycles. The fourth-order valence-corrected chi connectivity index (χ4v) is 3.74. The van der Waals surface area contributed by atoms with Crippen LogP contribution in [-0.2, 0) is 0 Å². The Balaban J connectivity index is 1.65. The number of nitrogens with zero attached hydrogens (tertiary/aromatic N) is 2. The summed E-state index contributed by atoms with van der Waals surface area (Å²) in [5, 5.41) is 13.1. The van der Waals surface area contributed by atoms with Crippen molar-refractivity contribution in [1.29, 1.82) is 0 Å². The van der Waals surface area contributed by atoms with Crippen LogP contribution in [0, 0.1) is 13.8 Å². The van der Waals surface area contributed by atoms with Crippen molar-refractivity contribution in [3.63, 3.8) is 0 Å². The lowest BCUT2D eigenvalue weighted by atomic mass is 10.1. The van der Waals surface area contributed by atoms with E-state index in [0.717, 1.165) is 5.56 Å². The van der Waals surface area contributed by atoms with E-state index in [1.54, 1.807) is 55.6 Å². The third kappa shape index (κ3) is 4.37. The molecule has 0 aliphatic carbocycles. The normalized spacial score (nSPS) is 10.8. The van der Waals surface area contributed by atoms with Crippen LogP contribution < -0.4 is 16.0 Å². The zero-order valence-corrected chi connectivity index (χ0v) is 18.5. The van der Waals surface area contributed by atoms with Gasteiger partial charge in [0.15, 0.2) is 5.82 Å². The second kappa shape index (κ2) is 8.86. The third-order valence-electron chi connectivity index (χ3n) is 4.63. The molecule has 0 bridgehead atoms. The molecule has 10 heteroatoms. The number of amides is 3. The SMILES string of the molecule is Cc1cc(NC(=O)Nc2c(C)cnc3c(NC(=O)c4c(Cl)cccc4Cl)cccc23)no1. The number of aryl methyl sites for hydroxylation is 2. The number of para-hydroxylation sites is 1. The monoisotopic (exact) mass is 469 g/mol. The maximum Gasteiger partial charge on any atom is 0.324 e. The molecule has 0 aliphatic rings. The van der Waals surface area contributed by atoms with Crippen molar-refractivity contribution >= 4 is 63.2 Å². The standard InChI is InChI=1S/C22H17Cl2N5O3/c1-11-10-25-20-13(19(11)28-22(31)27-17-9-12(2)32-29-17)5-3-8-16(20)26-21(30)18-14(23)6-4-7-15(18)24/h3-10H,1-2H3,(H,26,30)(H2,25,27,28,29,31). The summed E-state index contributed by atoms with van der Waals surface area (Å²) < 4.78 is 4.95. The van der Waals surface area contributed by atoms with Crippen LogP contribution in [0.4, 0.5) is 22.0 Å². The van der Waals surface area contributed by atoms with E-state index >= 15 is 0 Å². The maximum atomic E-state index is 12.8. The Kier molecular flexibility index (Phi) is 5.98. The summed E-state index contributed by atoms with van der Waals surface area (Å²) in [6.45, 7) is 3.54. The molecular formula is C22H17Cl2N5O3. The molecule has 0 fully saturated rings. The molecule has 0 spiro atoms. The molecule has 8 nitrogen and oxygen atoms in total. The molecule has 0 radical (unpaired) electrons. The van der Waals surface area contributed by atoms with E-state index in [2.05, 4.69) is 26.1 Å². The molecule has 162 valence electrons. The van der Waals surface area contributed by atoms with E-state index in [9.17, 15) is 9.59 Å². The summed E-state index contributed by atoms with van der Waals surface area (Å²) >= 11 is 12.3. The van der Waals surface area contributed by atoms with E-state index in [1.165, 1.54) is 0 Å². The number of aromatic nitrogens is 2. The van der Waals surface area contributed by atoms with Crippen molar-refractivity contribution < 1.29 is 14.1 Å². The highest BCUT2D eigenvalue weighted by atomic mass is 35.5. The molecule has 0 unspecified atom stereocenters. The zero-order chi connectivity index (χ0) is 22.8. The Labute approximate surface area is 192 Å². The van der Waals surface area contributed by atoms with E-state index in [0.29, 0.717) is 33.9 Å². The summed E-state index contributed by atoms with van der Waals surface area (Å²) in [5.41, 5.74) is 2.38. The molecule has 32 heavy (non-hydrogen) atoms. The van der Waals surface area contributed by atoms with Crippen LogP contribution in [0.25, 0.3) is 10.9 Å². The number of anilines is 3. The molecule has 3 amide bonds. The van der Waals surface area contributed by atoms with Crippen LogP contribution in [0.3, 0.4) is 0 Å². The molecule has 0 saturated heterocycles. The largest absolute Gasteiger partial charge is 0.360 e. The summed E-state index contributed by atoms with van der Waals surface area (Å²) in [6, 6.07) is 11.2. The minimum atomic E-state index is -0.494. The number of halogens is 2. The number of pyridine rings is 1. The molecule has 3 N–H and O–H groups in total. The highest BCUT2D eigenvalue weighted by Crippen LogP contribution is 2.31. The Hall–Kier alpha value is -3.62. The van der Waals surface area contributed by atoms with Gasteiger partial charge in [0.2, 0.25) is 0 Å². The minimum Gasteiger partial charge on any atom is -0.360 e. The predicted molar refractivity (Wildman–Crippen MR) is 125 cm³/mol. The van der Waals surface area contributed by atoms with E-state index in [-0.39, 0.29) is 15.6 Å². The number of nitrogens with one attached hydrogen (secondary N) is 3. The first-order valence-corrected chi connectivity index (χ1v) is 10.2. The van der Waals surface area contributed by atoms with Gasteiger partial charge < -0.3 is 15.2 Å². The average Bonchev–Trinajstić information content (AvgIpc) is 3.14. The average molecular weight is 470 g/mol. The number of carbonyl (C=O) groups is 2. The Bertz CT molecular complexity index is 1330. The third-order valence-corrected chi connectivity index (χ3v) is 5.26. The van der Waals surface area contributed by atoms with Crippen molar-refractivity contribution in [1.82, 2.24) is 10.1 Å². The van der Waals surface area contributed by atoms with Crippen molar-refractivity contribution in [3.05, 3.63) is 75.6 Å². The van der Waals surface area contributed by atoms with Crippen LogP contribution >= 0.6 is 23.2 Å². The number of rotatable bonds is 4. The first-order valence-electron chi connectivity index (χ1n) is 9.48. The van der Waals surface area contributed by atoms with Crippen LogP contribution in [0.15, 0.2) is 53.2 Å². The number of hydrogen-bond donors (Lipinski definition) is 3. The first kappa shape index (κ1) is 21.6. The summed E-state index contributed by atoms with van der Waals surface area (Å²) in [6.07, 6.45) is 1.61. The van der Waals surface area contributed by atoms with Gasteiger partial charge in [0, 0.05) is 17.6 Å². The Morgan fingerprint density at radius 1 is 0.969 bits per heavy atom. The zero-order valence-electron chi connectivity index (χ0n) is 17.0. The summed E-state index contributed by atoms with van der Waals surface area (Å²) in [4.78, 5) is 29.8. The first-order chi connectivity index (χ1) is 15.3. The topological polar surface area (TPSA) is 109 Å². The van der Waals surface area contributed by atoms with Gasteiger partial charge in [-0.3, -0.25) is 15.1 Å². The quantitative estimate of drug-likeness (QED) is 0.337. The Morgan fingerprint density at radius 3 is 2.38 bits per heavy atom. The van der Waals surface area contributed by atoms with Crippen molar-refractivity contribution in [2.75, 3.05) is 16.0 Å². The molecule has 4 aromatic rings. The van der Waals surface area contributed by atoms with Gasteiger partial charge in [-0.25, -0.2) is 4.79 Å². The van der Waals surface area contributed by atoms with Crippen LogP contribution in [-0.4, -0.2) is 22.1 Å². The van der Waals surface area contributed by atoms with E-state index < -0.39 is 11.9 Å². The second-order valence-corrected chi connectivity index (χ2v) is 7.79. The van der Waals surface area contributed by atoms with Gasteiger partial charge in [-0.15, -0.1) is 0 Å². The lowest BCUT2D eigenvalue weighted by molar-refractivity contribution is 0.102. The molecular weight excluding hydrogens is 453 g/mol. The van der Waals surface area contributed by atoms with E-state index in [4.69, 9.17) is 27.7 Å². The molecule has 2 aromatic heterocycles. The van der Waals surface area contributed by atoms with Gasteiger partial charge in [0.1, 0.15) is 5.76 Å². The second-order valence-electron chi connectivity index (χ2n) is 6.97. The molecule has 0 atom stereocenters. The van der Waals surface area contributed by atoms with Gasteiger partial charge >= 0.3 is 6.03 Å². The summed E-state index contributed by atoms with van der Waals surface area (Å²) in [7, 11) is 0. The van der Waals surface area contributed by atoms with Crippen molar-refractivity contribution in [2.45, 2.75) is 13.8 Å². The lowest BCUT2D eigenvalue weighted by Gasteiger charge is -2.14. The smallest absolute Gasteiger partial charge is 0.324 e. The molecule has 4 rings (SSSR count). The van der Waals surface area contributed by atoms with Crippen LogP contribution in [0.5, 0.6) is 0 Å². The number of benzene rings is 2. The van der Waals surface area contributed by atoms with Crippen LogP contribution in [0.2, 0.25) is 10.0 Å². The van der Waals surface area contributed by atoms with Gasteiger partial charge in [-0.05, 0) is 37.6 Å². The fraction of sp³-hybridized carbons (Fsp3) is 0.0909. The number of carbonyl (C=O) groups excluding carboxylic acids is 2. The highest BCUT2D eigenvalue weighted by molar-refractivity contribution is 6.40. The number of hydrogen-bond acceptors (Lipinski definition) is 5.